The smallest absolute Gasteiger partial charge is 0.324 e. The average Bonchev–Trinajstić information content (AvgIpc) is 3.46. The highest BCUT2D eigenvalue weighted by Gasteiger charge is 2.40. The summed E-state index contributed by atoms with van der Waals surface area (Å²) in [6, 6.07) is 2.23. The van der Waals surface area contributed by atoms with E-state index in [-0.39, 0.29) is 33.6 Å². The maximum Gasteiger partial charge on any atom is 0.324 e. The minimum absolute atomic E-state index is 0.0410. The Bertz CT molecular complexity index is 926. The zero-order valence-electron chi connectivity index (χ0n) is 14.9. The molecule has 0 spiro atoms. The van der Waals surface area contributed by atoms with Gasteiger partial charge in [-0.25, -0.2) is 0 Å². The average molecular weight is 405 g/mol. The van der Waals surface area contributed by atoms with Gasteiger partial charge in [0.2, 0.25) is 11.9 Å². The molecular weight excluding hydrogens is 386 g/mol. The Kier molecular flexibility index (Phi) is 4.71. The van der Waals surface area contributed by atoms with Gasteiger partial charge in [0.25, 0.3) is 5.91 Å². The zero-order valence-corrected chi connectivity index (χ0v) is 15.7. The second kappa shape index (κ2) is 7.19. The van der Waals surface area contributed by atoms with Crippen molar-refractivity contribution in [1.82, 2.24) is 25.0 Å². The minimum atomic E-state index is -0.535. The molecule has 3 N–H and O–H groups in total. The van der Waals surface area contributed by atoms with Gasteiger partial charge in [-0.15, -0.1) is 5.10 Å². The second-order valence-corrected chi connectivity index (χ2v) is 7.96. The van der Waals surface area contributed by atoms with E-state index in [1.807, 2.05) is 0 Å². The van der Waals surface area contributed by atoms with E-state index in [0.717, 1.165) is 24.2 Å². The molecule has 0 radical (unpaired) electrons. The first-order valence-electron chi connectivity index (χ1n) is 8.96. The molecule has 148 valence electrons. The Hall–Kier alpha value is -3.02. The predicted octanol–water partition coefficient (Wildman–Crippen LogP) is 0.977. The number of thiophene rings is 1. The third-order valence-corrected chi connectivity index (χ3v) is 6.21. The van der Waals surface area contributed by atoms with E-state index in [4.69, 9.17) is 5.73 Å². The topological polar surface area (TPSA) is 151 Å². The number of carbonyl (C=O) groups is 2. The number of nitrogens with zero attached hydrogens (tertiary/aromatic N) is 5. The van der Waals surface area contributed by atoms with E-state index in [1.165, 1.54) is 17.0 Å². The summed E-state index contributed by atoms with van der Waals surface area (Å²) in [4.78, 5) is 43.9. The van der Waals surface area contributed by atoms with Gasteiger partial charge >= 0.3 is 5.00 Å². The first-order valence-corrected chi connectivity index (χ1v) is 9.77. The summed E-state index contributed by atoms with van der Waals surface area (Å²) >= 11 is 0.836. The molecule has 2 fully saturated rings. The lowest BCUT2D eigenvalue weighted by molar-refractivity contribution is -0.380. The van der Waals surface area contributed by atoms with Gasteiger partial charge in [0.15, 0.2) is 0 Å². The number of nitro groups is 1. The summed E-state index contributed by atoms with van der Waals surface area (Å²) in [5.74, 6) is 0.467. The van der Waals surface area contributed by atoms with Crippen LogP contribution in [0.2, 0.25) is 0 Å². The van der Waals surface area contributed by atoms with Crippen molar-refractivity contribution in [2.75, 3.05) is 25.4 Å². The van der Waals surface area contributed by atoms with Crippen LogP contribution in [0.5, 0.6) is 0 Å². The SMILES string of the molecule is Nc1n[nH]c(C2CCN(C(=O)C3CCCN3C(=O)c3ccc([N+](=O)[O-])s3)C2)n1. The quantitative estimate of drug-likeness (QED) is 0.568. The lowest BCUT2D eigenvalue weighted by atomic mass is 10.1. The highest BCUT2D eigenvalue weighted by atomic mass is 32.1. The number of carbonyl (C=O) groups excluding carboxylic acids is 2. The van der Waals surface area contributed by atoms with Gasteiger partial charge in [0.05, 0.1) is 9.80 Å². The summed E-state index contributed by atoms with van der Waals surface area (Å²) in [6.07, 6.45) is 2.07. The van der Waals surface area contributed by atoms with Crippen molar-refractivity contribution in [1.29, 1.82) is 0 Å². The highest BCUT2D eigenvalue weighted by molar-refractivity contribution is 7.17. The van der Waals surface area contributed by atoms with Crippen molar-refractivity contribution in [2.24, 2.45) is 0 Å². The third kappa shape index (κ3) is 3.30. The molecule has 11 nitrogen and oxygen atoms in total. The monoisotopic (exact) mass is 405 g/mol. The van der Waals surface area contributed by atoms with Gasteiger partial charge in [-0.1, -0.05) is 11.3 Å². The van der Waals surface area contributed by atoms with Gasteiger partial charge in [-0.2, -0.15) is 4.98 Å². The number of nitrogens with two attached hydrogens (primary N) is 1. The number of amides is 2. The fourth-order valence-corrected chi connectivity index (χ4v) is 4.59. The summed E-state index contributed by atoms with van der Waals surface area (Å²) in [5, 5.41) is 17.4. The second-order valence-electron chi connectivity index (χ2n) is 6.90. The van der Waals surface area contributed by atoms with E-state index in [1.54, 1.807) is 4.90 Å². The van der Waals surface area contributed by atoms with Gasteiger partial charge < -0.3 is 15.5 Å². The maximum atomic E-state index is 13.0. The number of hydrogen-bond acceptors (Lipinski definition) is 8. The van der Waals surface area contributed by atoms with Crippen molar-refractivity contribution in [2.45, 2.75) is 31.2 Å². The van der Waals surface area contributed by atoms with Gasteiger partial charge in [0.1, 0.15) is 11.9 Å². The molecule has 2 aromatic rings. The molecule has 2 aliphatic heterocycles. The first-order chi connectivity index (χ1) is 13.4. The number of nitrogens with one attached hydrogen (secondary N) is 1. The Balaban J connectivity index is 1.44. The molecule has 2 saturated heterocycles. The van der Waals surface area contributed by atoms with E-state index >= 15 is 0 Å². The van der Waals surface area contributed by atoms with Crippen molar-refractivity contribution < 1.29 is 14.5 Å². The molecule has 0 saturated carbocycles. The number of likely N-dealkylation sites (tertiary alicyclic amines) is 2. The molecule has 28 heavy (non-hydrogen) atoms. The van der Waals surface area contributed by atoms with Gasteiger partial charge in [-0.05, 0) is 25.3 Å². The zero-order chi connectivity index (χ0) is 19.8. The molecule has 4 heterocycles. The van der Waals surface area contributed by atoms with Crippen molar-refractivity contribution in [3.63, 3.8) is 0 Å². The van der Waals surface area contributed by atoms with Gasteiger partial charge in [-0.3, -0.25) is 24.8 Å². The van der Waals surface area contributed by atoms with Crippen LogP contribution in [-0.4, -0.2) is 67.4 Å². The van der Waals surface area contributed by atoms with Gasteiger partial charge in [0, 0.05) is 31.6 Å². The van der Waals surface area contributed by atoms with E-state index < -0.39 is 11.0 Å². The van der Waals surface area contributed by atoms with Crippen LogP contribution in [0.1, 0.15) is 40.7 Å². The van der Waals surface area contributed by atoms with Crippen LogP contribution in [0.15, 0.2) is 12.1 Å². The number of H-pyrrole nitrogens is 1. The fourth-order valence-electron chi connectivity index (χ4n) is 3.81. The van der Waals surface area contributed by atoms with Crippen LogP contribution in [-0.2, 0) is 4.79 Å². The summed E-state index contributed by atoms with van der Waals surface area (Å²) < 4.78 is 0. The number of aromatic amines is 1. The predicted molar refractivity (Wildman–Crippen MR) is 99.8 cm³/mol. The Labute approximate surface area is 163 Å². The van der Waals surface area contributed by atoms with Crippen LogP contribution in [0.4, 0.5) is 10.9 Å². The molecule has 0 aromatic carbocycles. The number of rotatable bonds is 4. The standard InChI is InChI=1S/C16H19N7O4S/c17-16-18-13(19-20-16)9-5-7-21(8-9)14(24)10-2-1-6-22(10)15(25)11-3-4-12(28-11)23(26)27/h3-4,9-10H,1-2,5-8H2,(H3,17,18,19,20). The fraction of sp³-hybridized carbons (Fsp3) is 0.500. The molecule has 2 unspecified atom stereocenters. The normalized spacial score (nSPS) is 22.0. The van der Waals surface area contributed by atoms with Crippen LogP contribution < -0.4 is 5.73 Å². The van der Waals surface area contributed by atoms with E-state index in [9.17, 15) is 19.7 Å². The molecule has 2 aromatic heterocycles. The number of aromatic nitrogens is 3. The Morgan fingerprint density at radius 1 is 1.32 bits per heavy atom. The maximum absolute atomic E-state index is 13.0. The van der Waals surface area contributed by atoms with Crippen molar-refractivity contribution in [3.8, 4) is 0 Å². The Morgan fingerprint density at radius 3 is 2.82 bits per heavy atom. The van der Waals surface area contributed by atoms with Crippen LogP contribution in [0.3, 0.4) is 0 Å². The summed E-state index contributed by atoms with van der Waals surface area (Å²) in [6.45, 7) is 1.54. The molecule has 2 aliphatic rings. The Morgan fingerprint density at radius 2 is 2.14 bits per heavy atom. The number of nitrogen functional groups attached to an aromatic ring is 1. The van der Waals surface area contributed by atoms with Crippen LogP contribution in [0, 0.1) is 10.1 Å². The van der Waals surface area contributed by atoms with E-state index in [0.29, 0.717) is 31.9 Å². The lowest BCUT2D eigenvalue weighted by Gasteiger charge is -2.27. The first kappa shape index (κ1) is 18.3. The largest absolute Gasteiger partial charge is 0.367 e. The molecule has 0 aliphatic carbocycles. The molecule has 0 bridgehead atoms. The number of hydrogen-bond donors (Lipinski definition) is 2. The molecule has 12 heteroatoms. The van der Waals surface area contributed by atoms with E-state index in [2.05, 4.69) is 15.2 Å². The minimum Gasteiger partial charge on any atom is -0.367 e. The van der Waals surface area contributed by atoms with Crippen LogP contribution in [0.25, 0.3) is 0 Å². The van der Waals surface area contributed by atoms with Crippen molar-refractivity contribution >= 4 is 34.1 Å². The van der Waals surface area contributed by atoms with Crippen molar-refractivity contribution in [3.05, 3.63) is 32.9 Å². The third-order valence-electron chi connectivity index (χ3n) is 5.19. The molecule has 2 amide bonds. The molecule has 4 rings (SSSR count). The van der Waals surface area contributed by atoms with Crippen LogP contribution >= 0.6 is 11.3 Å². The highest BCUT2D eigenvalue weighted by Crippen LogP contribution is 2.31. The number of anilines is 1. The summed E-state index contributed by atoms with van der Waals surface area (Å²) in [5.41, 5.74) is 5.55. The lowest BCUT2D eigenvalue weighted by Crippen LogP contribution is -2.47. The molecular formula is C16H19N7O4S. The summed E-state index contributed by atoms with van der Waals surface area (Å²) in [7, 11) is 0. The molecule has 2 atom stereocenters.